The van der Waals surface area contributed by atoms with Crippen LogP contribution in [0.1, 0.15) is 26.4 Å². The molecule has 0 unspecified atom stereocenters. The maximum atomic E-state index is 13.5. The Kier molecular flexibility index (Phi) is 7.56. The number of para-hydroxylation sites is 1. The van der Waals surface area contributed by atoms with E-state index in [9.17, 15) is 9.59 Å². The first-order chi connectivity index (χ1) is 20.4. The van der Waals surface area contributed by atoms with Crippen LogP contribution in [0.5, 0.6) is 23.0 Å². The number of methoxy groups -OCH3 is 1. The van der Waals surface area contributed by atoms with Crippen LogP contribution < -0.4 is 24.4 Å². The molecule has 11 heteroatoms. The number of aromatic nitrogens is 1. The molecule has 0 bridgehead atoms. The van der Waals surface area contributed by atoms with E-state index in [1.807, 2.05) is 24.3 Å². The predicted octanol–water partition coefficient (Wildman–Crippen LogP) is 6.97. The third-order valence-electron chi connectivity index (χ3n) is 6.56. The van der Waals surface area contributed by atoms with Crippen molar-refractivity contribution in [1.82, 2.24) is 10.4 Å². The molecule has 9 nitrogen and oxygen atoms in total. The molecule has 4 aromatic carbocycles. The number of nitrogens with zero attached hydrogens (tertiary/aromatic N) is 1. The zero-order valence-corrected chi connectivity index (χ0v) is 24.3. The molecule has 5 aromatic rings. The van der Waals surface area contributed by atoms with Crippen LogP contribution in [0.15, 0.2) is 88.4 Å². The van der Waals surface area contributed by atoms with Crippen molar-refractivity contribution in [3.8, 4) is 34.1 Å². The molecule has 0 fully saturated rings. The molecule has 1 aliphatic heterocycles. The van der Waals surface area contributed by atoms with Crippen molar-refractivity contribution in [3.63, 3.8) is 0 Å². The van der Waals surface area contributed by atoms with Crippen LogP contribution in [0.3, 0.4) is 0 Å². The summed E-state index contributed by atoms with van der Waals surface area (Å²) in [7, 11) is 1.56. The van der Waals surface area contributed by atoms with Gasteiger partial charge in [-0.25, -0.2) is 10.2 Å². The molecule has 0 radical (unpaired) electrons. The van der Waals surface area contributed by atoms with E-state index in [0.29, 0.717) is 50.0 Å². The van der Waals surface area contributed by atoms with Crippen molar-refractivity contribution in [2.75, 3.05) is 13.9 Å². The quantitative estimate of drug-likeness (QED) is 0.0855. The topological polar surface area (TPSA) is 111 Å². The van der Waals surface area contributed by atoms with E-state index in [1.165, 1.54) is 6.21 Å². The Hall–Kier alpha value is -4.80. The van der Waals surface area contributed by atoms with Gasteiger partial charge >= 0.3 is 5.97 Å². The number of hydrazone groups is 1. The molecule has 42 heavy (non-hydrogen) atoms. The van der Waals surface area contributed by atoms with E-state index >= 15 is 0 Å². The average molecular weight is 647 g/mol. The standard InChI is InChI=1S/C31H21BrClN3O6/c1-39-24-13-11-20(32)27-26(19-7-3-4-8-21(19)33)29(35-28(24)27)30(37)36-34-15-18-6-2-5-9-22(18)42-31(38)17-10-12-23-25(14-17)41-16-40-23/h2-15,35H,16H2,1H3,(H,36,37). The summed E-state index contributed by atoms with van der Waals surface area (Å²) in [6, 6.07) is 22.5. The number of aromatic amines is 1. The molecule has 6 rings (SSSR count). The molecule has 210 valence electrons. The van der Waals surface area contributed by atoms with Gasteiger partial charge in [-0.3, -0.25) is 4.79 Å². The van der Waals surface area contributed by atoms with Gasteiger partial charge in [0, 0.05) is 31.6 Å². The number of nitrogens with one attached hydrogen (secondary N) is 2. The minimum absolute atomic E-state index is 0.0993. The van der Waals surface area contributed by atoms with Gasteiger partial charge < -0.3 is 23.9 Å². The number of carbonyl (C=O) groups excluding carboxylic acids is 2. The highest BCUT2D eigenvalue weighted by molar-refractivity contribution is 9.10. The molecule has 0 saturated carbocycles. The summed E-state index contributed by atoms with van der Waals surface area (Å²) in [4.78, 5) is 29.5. The van der Waals surface area contributed by atoms with Gasteiger partial charge in [-0.05, 0) is 48.5 Å². The first-order valence-electron chi connectivity index (χ1n) is 12.6. The number of rotatable bonds is 7. The third kappa shape index (κ3) is 5.17. The van der Waals surface area contributed by atoms with Crippen molar-refractivity contribution in [1.29, 1.82) is 0 Å². The second kappa shape index (κ2) is 11.6. The lowest BCUT2D eigenvalue weighted by atomic mass is 10.0. The first-order valence-corrected chi connectivity index (χ1v) is 13.8. The van der Waals surface area contributed by atoms with Gasteiger partial charge in [0.1, 0.15) is 17.2 Å². The van der Waals surface area contributed by atoms with Crippen molar-refractivity contribution >= 4 is 56.5 Å². The van der Waals surface area contributed by atoms with Crippen LogP contribution in [0.2, 0.25) is 5.02 Å². The number of benzene rings is 4. The second-order valence-electron chi connectivity index (χ2n) is 9.05. The number of ether oxygens (including phenoxy) is 4. The van der Waals surface area contributed by atoms with E-state index in [2.05, 4.69) is 31.4 Å². The summed E-state index contributed by atoms with van der Waals surface area (Å²) < 4.78 is 22.6. The van der Waals surface area contributed by atoms with Gasteiger partial charge in [0.05, 0.1) is 24.4 Å². The highest BCUT2D eigenvalue weighted by Gasteiger charge is 2.24. The molecular formula is C31H21BrClN3O6. The van der Waals surface area contributed by atoms with Crippen molar-refractivity contribution in [3.05, 3.63) is 105 Å². The molecule has 1 aliphatic rings. The lowest BCUT2D eigenvalue weighted by Crippen LogP contribution is -2.19. The number of hydrogen-bond acceptors (Lipinski definition) is 7. The van der Waals surface area contributed by atoms with E-state index < -0.39 is 11.9 Å². The van der Waals surface area contributed by atoms with Gasteiger partial charge in [-0.1, -0.05) is 57.9 Å². The lowest BCUT2D eigenvalue weighted by Gasteiger charge is -2.09. The summed E-state index contributed by atoms with van der Waals surface area (Å²) in [5.41, 5.74) is 5.45. The van der Waals surface area contributed by atoms with Crippen molar-refractivity contribution < 1.29 is 28.5 Å². The number of hydrogen-bond donors (Lipinski definition) is 2. The summed E-state index contributed by atoms with van der Waals surface area (Å²) in [6.45, 7) is 0.0993. The largest absolute Gasteiger partial charge is 0.495 e. The Morgan fingerprint density at radius 1 is 1.00 bits per heavy atom. The molecule has 0 aliphatic carbocycles. The van der Waals surface area contributed by atoms with E-state index in [4.69, 9.17) is 30.5 Å². The van der Waals surface area contributed by atoms with Gasteiger partial charge in [-0.15, -0.1) is 0 Å². The Labute approximate surface area is 253 Å². The monoisotopic (exact) mass is 645 g/mol. The Bertz CT molecular complexity index is 1890. The summed E-state index contributed by atoms with van der Waals surface area (Å²) >= 11 is 10.2. The Morgan fingerprint density at radius 2 is 1.79 bits per heavy atom. The average Bonchev–Trinajstić information content (AvgIpc) is 3.64. The predicted molar refractivity (Wildman–Crippen MR) is 162 cm³/mol. The number of amides is 1. The molecule has 1 amide bonds. The number of carbonyl (C=O) groups is 2. The Balaban J connectivity index is 1.28. The fourth-order valence-corrected chi connectivity index (χ4v) is 5.35. The smallest absolute Gasteiger partial charge is 0.343 e. The molecule has 0 atom stereocenters. The SMILES string of the molecule is COc1ccc(Br)c2c(-c3ccccc3Cl)c(C(=O)NN=Cc3ccccc3OC(=O)c3ccc4c(c3)OCO4)[nH]c12. The van der Waals surface area contributed by atoms with Gasteiger partial charge in [0.25, 0.3) is 5.91 Å². The van der Waals surface area contributed by atoms with Gasteiger partial charge in [0.15, 0.2) is 11.5 Å². The number of esters is 1. The van der Waals surface area contributed by atoms with Gasteiger partial charge in [0.2, 0.25) is 6.79 Å². The zero-order valence-electron chi connectivity index (χ0n) is 21.9. The molecule has 0 saturated heterocycles. The number of halogens is 2. The maximum absolute atomic E-state index is 13.5. The van der Waals surface area contributed by atoms with Crippen LogP contribution in [-0.2, 0) is 0 Å². The van der Waals surface area contributed by atoms with Crippen LogP contribution >= 0.6 is 27.5 Å². The molecular weight excluding hydrogens is 626 g/mol. The van der Waals surface area contributed by atoms with E-state index in [0.717, 1.165) is 9.86 Å². The second-order valence-corrected chi connectivity index (χ2v) is 10.3. The van der Waals surface area contributed by atoms with Gasteiger partial charge in [-0.2, -0.15) is 5.10 Å². The molecule has 2 N–H and O–H groups in total. The minimum Gasteiger partial charge on any atom is -0.495 e. The lowest BCUT2D eigenvalue weighted by molar-refractivity contribution is 0.0733. The fourth-order valence-electron chi connectivity index (χ4n) is 4.59. The normalized spacial score (nSPS) is 12.1. The number of H-pyrrole nitrogens is 1. The summed E-state index contributed by atoms with van der Waals surface area (Å²) in [6.07, 6.45) is 1.40. The zero-order chi connectivity index (χ0) is 29.2. The third-order valence-corrected chi connectivity index (χ3v) is 7.55. The molecule has 1 aromatic heterocycles. The van der Waals surface area contributed by atoms with E-state index in [-0.39, 0.29) is 18.2 Å². The molecule has 0 spiro atoms. The molecule has 2 heterocycles. The van der Waals surface area contributed by atoms with Crippen LogP contribution in [-0.4, -0.2) is 37.0 Å². The summed E-state index contributed by atoms with van der Waals surface area (Å²) in [5.74, 6) is 0.755. The van der Waals surface area contributed by atoms with Crippen molar-refractivity contribution in [2.45, 2.75) is 0 Å². The van der Waals surface area contributed by atoms with Crippen LogP contribution in [0.25, 0.3) is 22.0 Å². The highest BCUT2D eigenvalue weighted by Crippen LogP contribution is 2.43. The van der Waals surface area contributed by atoms with Crippen LogP contribution in [0.4, 0.5) is 0 Å². The fraction of sp³-hybridized carbons (Fsp3) is 0.0645. The maximum Gasteiger partial charge on any atom is 0.343 e. The minimum atomic E-state index is -0.583. The first kappa shape index (κ1) is 27.4. The summed E-state index contributed by atoms with van der Waals surface area (Å²) in [5, 5.41) is 5.36. The van der Waals surface area contributed by atoms with Crippen LogP contribution in [0, 0.1) is 0 Å². The van der Waals surface area contributed by atoms with E-state index in [1.54, 1.807) is 61.7 Å². The van der Waals surface area contributed by atoms with Crippen molar-refractivity contribution in [2.24, 2.45) is 5.10 Å². The highest BCUT2D eigenvalue weighted by atomic mass is 79.9. The number of fused-ring (bicyclic) bond motifs is 2. The Morgan fingerprint density at radius 3 is 2.62 bits per heavy atom.